The van der Waals surface area contributed by atoms with Gasteiger partial charge in [-0.25, -0.2) is 4.98 Å². The Morgan fingerprint density at radius 3 is 3.00 bits per heavy atom. The first-order valence-electron chi connectivity index (χ1n) is 6.11. The molecule has 3 rings (SSSR count). The van der Waals surface area contributed by atoms with Gasteiger partial charge in [-0.1, -0.05) is 0 Å². The van der Waals surface area contributed by atoms with Crippen molar-refractivity contribution >= 4 is 46.3 Å². The zero-order valence-corrected chi connectivity index (χ0v) is 13.0. The number of thiazole rings is 1. The lowest BCUT2D eigenvalue weighted by molar-refractivity contribution is -0.117. The van der Waals surface area contributed by atoms with Gasteiger partial charge in [0.15, 0.2) is 5.13 Å². The lowest BCUT2D eigenvalue weighted by atomic mass is 10.1. The van der Waals surface area contributed by atoms with Gasteiger partial charge in [-0.15, -0.1) is 22.7 Å². The maximum absolute atomic E-state index is 12.0. The topological polar surface area (TPSA) is 33.2 Å². The van der Waals surface area contributed by atoms with Crippen LogP contribution in [0, 0.1) is 12.8 Å². The zero-order valence-electron chi connectivity index (χ0n) is 10.5. The van der Waals surface area contributed by atoms with Crippen molar-refractivity contribution in [2.75, 3.05) is 17.2 Å². The van der Waals surface area contributed by atoms with Crippen molar-refractivity contribution in [1.29, 1.82) is 0 Å². The summed E-state index contributed by atoms with van der Waals surface area (Å²) in [5.41, 5.74) is 0.972. The number of rotatable bonds is 3. The minimum absolute atomic E-state index is 0.169. The van der Waals surface area contributed by atoms with Crippen LogP contribution in [0.3, 0.4) is 0 Å². The lowest BCUT2D eigenvalue weighted by Crippen LogP contribution is -2.24. The van der Waals surface area contributed by atoms with Crippen molar-refractivity contribution < 1.29 is 4.79 Å². The molecule has 0 saturated carbocycles. The number of aryl methyl sites for hydroxylation is 1. The molecular formula is C13H14N2OS3. The molecule has 1 fully saturated rings. The molecular weight excluding hydrogens is 296 g/mol. The van der Waals surface area contributed by atoms with Gasteiger partial charge in [-0.3, -0.25) is 9.69 Å². The van der Waals surface area contributed by atoms with E-state index in [0.29, 0.717) is 12.3 Å². The minimum Gasteiger partial charge on any atom is -0.288 e. The normalized spacial score (nSPS) is 19.4. The Hall–Kier alpha value is -0.850. The summed E-state index contributed by atoms with van der Waals surface area (Å²) < 4.78 is 0. The number of thiol groups is 1. The van der Waals surface area contributed by atoms with E-state index in [2.05, 4.69) is 36.7 Å². The summed E-state index contributed by atoms with van der Waals surface area (Å²) in [6.07, 6.45) is 0.594. The second-order valence-corrected chi connectivity index (χ2v) is 7.17. The van der Waals surface area contributed by atoms with Gasteiger partial charge in [-0.05, 0) is 30.7 Å². The van der Waals surface area contributed by atoms with Crippen molar-refractivity contribution in [3.63, 3.8) is 0 Å². The second-order valence-electron chi connectivity index (χ2n) is 4.68. The van der Waals surface area contributed by atoms with Crippen LogP contribution in [0.5, 0.6) is 0 Å². The van der Waals surface area contributed by atoms with Gasteiger partial charge in [0.05, 0.1) is 10.6 Å². The quantitative estimate of drug-likeness (QED) is 0.881. The van der Waals surface area contributed by atoms with Gasteiger partial charge in [0, 0.05) is 23.2 Å². The van der Waals surface area contributed by atoms with Crippen molar-refractivity contribution in [2.24, 2.45) is 5.92 Å². The standard InChI is InChI=1S/C13H14N2OS3/c1-8-2-3-11(19-8)10-7-18-13(14-10)15-5-9(6-17)4-12(15)16/h2-3,7,9,17H,4-6H2,1H3. The van der Waals surface area contributed by atoms with E-state index < -0.39 is 0 Å². The molecule has 3 nitrogen and oxygen atoms in total. The van der Waals surface area contributed by atoms with Crippen molar-refractivity contribution in [2.45, 2.75) is 13.3 Å². The fourth-order valence-corrected chi connectivity index (χ4v) is 4.16. The van der Waals surface area contributed by atoms with Crippen LogP contribution in [0.1, 0.15) is 11.3 Å². The van der Waals surface area contributed by atoms with Gasteiger partial charge in [0.25, 0.3) is 0 Å². The summed E-state index contributed by atoms with van der Waals surface area (Å²) in [4.78, 5) is 20.8. The van der Waals surface area contributed by atoms with Crippen LogP contribution < -0.4 is 4.90 Å². The molecule has 0 aliphatic carbocycles. The third-order valence-corrected chi connectivity index (χ3v) is 5.58. The largest absolute Gasteiger partial charge is 0.288 e. The molecule has 0 aromatic carbocycles. The molecule has 19 heavy (non-hydrogen) atoms. The Bertz CT molecular complexity index is 605. The van der Waals surface area contributed by atoms with Crippen LogP contribution in [0.25, 0.3) is 10.6 Å². The minimum atomic E-state index is 0.169. The average molecular weight is 310 g/mol. The Morgan fingerprint density at radius 1 is 1.53 bits per heavy atom. The Labute approximate surface area is 125 Å². The third-order valence-electron chi connectivity index (χ3n) is 3.18. The van der Waals surface area contributed by atoms with Crippen molar-refractivity contribution in [1.82, 2.24) is 4.98 Å². The summed E-state index contributed by atoms with van der Waals surface area (Å²) in [5.74, 6) is 1.28. The lowest BCUT2D eigenvalue weighted by Gasteiger charge is -2.11. The van der Waals surface area contributed by atoms with Crippen LogP contribution in [-0.2, 0) is 4.79 Å². The first-order valence-corrected chi connectivity index (χ1v) is 8.44. The molecule has 0 radical (unpaired) electrons. The monoisotopic (exact) mass is 310 g/mol. The molecule has 1 aliphatic rings. The molecule has 3 heterocycles. The number of hydrogen-bond acceptors (Lipinski definition) is 5. The molecule has 1 saturated heterocycles. The van der Waals surface area contributed by atoms with E-state index in [4.69, 9.17) is 0 Å². The number of carbonyl (C=O) groups is 1. The summed E-state index contributed by atoms with van der Waals surface area (Å²) in [6.45, 7) is 2.83. The molecule has 0 spiro atoms. The molecule has 2 aromatic rings. The maximum atomic E-state index is 12.0. The number of nitrogens with zero attached hydrogens (tertiary/aromatic N) is 2. The van der Waals surface area contributed by atoms with Crippen LogP contribution in [0.2, 0.25) is 0 Å². The van der Waals surface area contributed by atoms with Crippen LogP contribution in [-0.4, -0.2) is 23.2 Å². The first-order chi connectivity index (χ1) is 9.17. The van der Waals surface area contributed by atoms with E-state index in [1.165, 1.54) is 4.88 Å². The number of anilines is 1. The zero-order chi connectivity index (χ0) is 13.4. The van der Waals surface area contributed by atoms with Gasteiger partial charge >= 0.3 is 0 Å². The molecule has 1 atom stereocenters. The average Bonchev–Trinajstić information content (AvgIpc) is 3.07. The Morgan fingerprint density at radius 2 is 2.37 bits per heavy atom. The van der Waals surface area contributed by atoms with E-state index >= 15 is 0 Å². The predicted octanol–water partition coefficient (Wildman–Crippen LogP) is 3.46. The van der Waals surface area contributed by atoms with E-state index in [1.54, 1.807) is 27.6 Å². The second kappa shape index (κ2) is 5.26. The van der Waals surface area contributed by atoms with Crippen molar-refractivity contribution in [3.05, 3.63) is 22.4 Å². The van der Waals surface area contributed by atoms with E-state index in [1.807, 2.05) is 5.38 Å². The predicted molar refractivity (Wildman–Crippen MR) is 84.5 cm³/mol. The molecule has 1 amide bonds. The van der Waals surface area contributed by atoms with Crippen LogP contribution in [0.4, 0.5) is 5.13 Å². The summed E-state index contributed by atoms with van der Waals surface area (Å²) in [6, 6.07) is 4.18. The van der Waals surface area contributed by atoms with Gasteiger partial charge in [-0.2, -0.15) is 12.6 Å². The van der Waals surface area contributed by atoms with Gasteiger partial charge < -0.3 is 0 Å². The summed E-state index contributed by atoms with van der Waals surface area (Å²) in [7, 11) is 0. The third kappa shape index (κ3) is 2.57. The fraction of sp³-hybridized carbons (Fsp3) is 0.385. The Balaban J connectivity index is 1.84. The molecule has 2 aromatic heterocycles. The smallest absolute Gasteiger partial charge is 0.229 e. The molecule has 0 bridgehead atoms. The number of carbonyl (C=O) groups excluding carboxylic acids is 1. The highest BCUT2D eigenvalue weighted by molar-refractivity contribution is 7.80. The van der Waals surface area contributed by atoms with Crippen LogP contribution >= 0.6 is 35.3 Å². The summed E-state index contributed by atoms with van der Waals surface area (Å²) in [5, 5.41) is 2.84. The molecule has 0 N–H and O–H groups in total. The SMILES string of the molecule is Cc1ccc(-c2csc(N3CC(CS)CC3=O)n2)s1. The number of amides is 1. The van der Waals surface area contributed by atoms with E-state index in [0.717, 1.165) is 28.0 Å². The molecule has 1 aliphatic heterocycles. The molecule has 1 unspecified atom stereocenters. The van der Waals surface area contributed by atoms with Crippen LogP contribution in [0.15, 0.2) is 17.5 Å². The first kappa shape index (κ1) is 13.1. The number of hydrogen-bond donors (Lipinski definition) is 1. The summed E-state index contributed by atoms with van der Waals surface area (Å²) >= 11 is 7.55. The fourth-order valence-electron chi connectivity index (χ4n) is 2.16. The number of thiophene rings is 1. The van der Waals surface area contributed by atoms with Crippen molar-refractivity contribution in [3.8, 4) is 10.6 Å². The van der Waals surface area contributed by atoms with Gasteiger partial charge in [0.1, 0.15) is 0 Å². The highest BCUT2D eigenvalue weighted by atomic mass is 32.1. The van der Waals surface area contributed by atoms with Gasteiger partial charge in [0.2, 0.25) is 5.91 Å². The molecule has 100 valence electrons. The molecule has 6 heteroatoms. The van der Waals surface area contributed by atoms with E-state index in [9.17, 15) is 4.79 Å². The highest BCUT2D eigenvalue weighted by Crippen LogP contribution is 2.34. The highest BCUT2D eigenvalue weighted by Gasteiger charge is 2.31. The Kier molecular flexibility index (Phi) is 3.64. The number of aromatic nitrogens is 1. The van der Waals surface area contributed by atoms with E-state index in [-0.39, 0.29) is 5.91 Å². The maximum Gasteiger partial charge on any atom is 0.229 e.